The molecule has 5 heteroatoms. The number of rotatable bonds is 2. The van der Waals surface area contributed by atoms with Gasteiger partial charge in [-0.1, -0.05) is 6.07 Å². The van der Waals surface area contributed by atoms with Gasteiger partial charge in [0, 0.05) is 4.88 Å². The average molecular weight is 198 g/mol. The van der Waals surface area contributed by atoms with Gasteiger partial charge < -0.3 is 5.11 Å². The number of aliphatic hydroxyl groups excluding tert-OH is 1. The highest BCUT2D eigenvalue weighted by Crippen LogP contribution is 2.23. The minimum Gasteiger partial charge on any atom is -0.381 e. The summed E-state index contributed by atoms with van der Waals surface area (Å²) in [5.41, 5.74) is 0.627. The van der Waals surface area contributed by atoms with Crippen LogP contribution in [0.15, 0.2) is 23.7 Å². The first-order valence-electron chi connectivity index (χ1n) is 3.37. The van der Waals surface area contributed by atoms with E-state index in [1.165, 1.54) is 11.3 Å². The molecule has 0 amide bonds. The lowest BCUT2D eigenvalue weighted by atomic mass is 10.2. The highest BCUT2D eigenvalue weighted by atomic mass is 32.1. The van der Waals surface area contributed by atoms with Crippen molar-refractivity contribution in [2.75, 3.05) is 0 Å². The molecule has 0 saturated heterocycles. The van der Waals surface area contributed by atoms with Crippen molar-refractivity contribution in [1.82, 2.24) is 8.75 Å². The van der Waals surface area contributed by atoms with E-state index in [-0.39, 0.29) is 0 Å². The molecule has 12 heavy (non-hydrogen) atoms. The van der Waals surface area contributed by atoms with E-state index in [0.29, 0.717) is 5.69 Å². The van der Waals surface area contributed by atoms with Crippen molar-refractivity contribution in [1.29, 1.82) is 0 Å². The minimum atomic E-state index is -0.608. The maximum absolute atomic E-state index is 9.68. The molecule has 0 radical (unpaired) electrons. The van der Waals surface area contributed by atoms with E-state index >= 15 is 0 Å². The zero-order valence-electron chi connectivity index (χ0n) is 6.04. The molecule has 2 rings (SSSR count). The summed E-state index contributed by atoms with van der Waals surface area (Å²) in [6, 6.07) is 3.79. The van der Waals surface area contributed by atoms with Gasteiger partial charge in [-0.15, -0.1) is 11.3 Å². The molecule has 1 N–H and O–H groups in total. The zero-order chi connectivity index (χ0) is 8.39. The van der Waals surface area contributed by atoms with Crippen LogP contribution < -0.4 is 0 Å². The Morgan fingerprint density at radius 3 is 3.00 bits per heavy atom. The summed E-state index contributed by atoms with van der Waals surface area (Å²) in [6.45, 7) is 0. The van der Waals surface area contributed by atoms with Gasteiger partial charge in [-0.05, 0) is 11.4 Å². The molecule has 2 aromatic heterocycles. The van der Waals surface area contributed by atoms with E-state index in [9.17, 15) is 5.11 Å². The number of aliphatic hydroxyl groups is 1. The Hall–Kier alpha value is -0.780. The summed E-state index contributed by atoms with van der Waals surface area (Å²) in [4.78, 5) is 0.905. The maximum atomic E-state index is 9.68. The number of thiophene rings is 1. The fraction of sp³-hybridized carbons (Fsp3) is 0.143. The Balaban J connectivity index is 2.27. The van der Waals surface area contributed by atoms with Crippen molar-refractivity contribution in [2.24, 2.45) is 0 Å². The molecular formula is C7H6N2OS2. The van der Waals surface area contributed by atoms with Crippen LogP contribution in [-0.4, -0.2) is 13.9 Å². The number of hydrogen-bond acceptors (Lipinski definition) is 5. The fourth-order valence-electron chi connectivity index (χ4n) is 0.885. The van der Waals surface area contributed by atoms with Gasteiger partial charge >= 0.3 is 0 Å². The lowest BCUT2D eigenvalue weighted by molar-refractivity contribution is 0.220. The van der Waals surface area contributed by atoms with E-state index in [1.54, 1.807) is 6.20 Å². The molecule has 1 unspecified atom stereocenters. The highest BCUT2D eigenvalue weighted by Gasteiger charge is 2.13. The number of hydrogen-bond donors (Lipinski definition) is 1. The smallest absolute Gasteiger partial charge is 0.133 e. The number of aromatic nitrogens is 2. The van der Waals surface area contributed by atoms with Crippen molar-refractivity contribution in [3.05, 3.63) is 34.3 Å². The Labute approximate surface area is 77.6 Å². The molecule has 0 fully saturated rings. The van der Waals surface area contributed by atoms with Crippen molar-refractivity contribution >= 4 is 23.1 Å². The van der Waals surface area contributed by atoms with Crippen molar-refractivity contribution in [2.45, 2.75) is 6.10 Å². The predicted octanol–water partition coefficient (Wildman–Crippen LogP) is 1.68. The molecule has 62 valence electrons. The van der Waals surface area contributed by atoms with Crippen molar-refractivity contribution in [3.8, 4) is 0 Å². The topological polar surface area (TPSA) is 46.0 Å². The van der Waals surface area contributed by atoms with Crippen LogP contribution in [0.4, 0.5) is 0 Å². The van der Waals surface area contributed by atoms with Crippen LogP contribution in [0.2, 0.25) is 0 Å². The summed E-state index contributed by atoms with van der Waals surface area (Å²) in [5, 5.41) is 11.6. The Morgan fingerprint density at radius 1 is 1.50 bits per heavy atom. The van der Waals surface area contributed by atoms with E-state index in [2.05, 4.69) is 8.75 Å². The van der Waals surface area contributed by atoms with Crippen LogP contribution in [-0.2, 0) is 0 Å². The summed E-state index contributed by atoms with van der Waals surface area (Å²) in [6.07, 6.45) is 0.985. The molecular weight excluding hydrogens is 192 g/mol. The van der Waals surface area contributed by atoms with E-state index < -0.39 is 6.10 Å². The van der Waals surface area contributed by atoms with Gasteiger partial charge in [-0.3, -0.25) is 0 Å². The maximum Gasteiger partial charge on any atom is 0.133 e. The van der Waals surface area contributed by atoms with Gasteiger partial charge in [-0.2, -0.15) is 8.75 Å². The summed E-state index contributed by atoms with van der Waals surface area (Å²) in [7, 11) is 0. The van der Waals surface area contributed by atoms with Gasteiger partial charge in [0.1, 0.15) is 11.8 Å². The Kier molecular flexibility index (Phi) is 2.16. The first kappa shape index (κ1) is 7.85. The van der Waals surface area contributed by atoms with Crippen molar-refractivity contribution < 1.29 is 5.11 Å². The van der Waals surface area contributed by atoms with Crippen LogP contribution in [0.5, 0.6) is 0 Å². The second-order valence-electron chi connectivity index (χ2n) is 2.25. The predicted molar refractivity (Wildman–Crippen MR) is 48.3 cm³/mol. The molecule has 0 aliphatic rings. The first-order chi connectivity index (χ1) is 5.88. The third-order valence-corrected chi connectivity index (χ3v) is 2.89. The highest BCUT2D eigenvalue weighted by molar-refractivity contribution is 7.10. The minimum absolute atomic E-state index is 0.608. The second kappa shape index (κ2) is 3.30. The van der Waals surface area contributed by atoms with E-state index in [4.69, 9.17) is 0 Å². The molecule has 2 heterocycles. The largest absolute Gasteiger partial charge is 0.381 e. The Bertz CT molecular complexity index is 296. The molecule has 0 aliphatic carbocycles. The van der Waals surface area contributed by atoms with Crippen LogP contribution in [0, 0.1) is 0 Å². The fourth-order valence-corrected chi connectivity index (χ4v) is 2.05. The van der Waals surface area contributed by atoms with Gasteiger partial charge in [-0.25, -0.2) is 0 Å². The molecule has 0 saturated carbocycles. The lowest BCUT2D eigenvalue weighted by Crippen LogP contribution is -1.96. The average Bonchev–Trinajstić information content (AvgIpc) is 2.77. The molecule has 2 aromatic rings. The van der Waals surface area contributed by atoms with Crippen LogP contribution in [0.1, 0.15) is 16.7 Å². The zero-order valence-corrected chi connectivity index (χ0v) is 7.68. The van der Waals surface area contributed by atoms with Gasteiger partial charge in [0.2, 0.25) is 0 Å². The van der Waals surface area contributed by atoms with Gasteiger partial charge in [0.25, 0.3) is 0 Å². The molecule has 0 aliphatic heterocycles. The third-order valence-electron chi connectivity index (χ3n) is 1.47. The quantitative estimate of drug-likeness (QED) is 0.798. The summed E-state index contributed by atoms with van der Waals surface area (Å²) < 4.78 is 7.79. The molecule has 0 bridgehead atoms. The molecule has 3 nitrogen and oxygen atoms in total. The van der Waals surface area contributed by atoms with Crippen LogP contribution >= 0.6 is 23.1 Å². The second-order valence-corrected chi connectivity index (χ2v) is 3.79. The van der Waals surface area contributed by atoms with Gasteiger partial charge in [0.15, 0.2) is 0 Å². The standard InChI is InChI=1S/C7H6N2OS2/c10-7(5-4-8-12-9-5)6-2-1-3-11-6/h1-4,7,10H. The third kappa shape index (κ3) is 1.38. The summed E-state index contributed by atoms with van der Waals surface area (Å²) in [5.74, 6) is 0. The normalized spacial score (nSPS) is 13.1. The van der Waals surface area contributed by atoms with Gasteiger partial charge in [0.05, 0.1) is 17.9 Å². The SMILES string of the molecule is OC(c1cnsn1)c1cccs1. The molecule has 1 atom stereocenters. The van der Waals surface area contributed by atoms with Crippen LogP contribution in [0.25, 0.3) is 0 Å². The van der Waals surface area contributed by atoms with E-state index in [0.717, 1.165) is 16.6 Å². The lowest BCUT2D eigenvalue weighted by Gasteiger charge is -2.01. The first-order valence-corrected chi connectivity index (χ1v) is 4.98. The van der Waals surface area contributed by atoms with Crippen LogP contribution in [0.3, 0.4) is 0 Å². The Morgan fingerprint density at radius 2 is 2.42 bits per heavy atom. The molecule has 0 aromatic carbocycles. The van der Waals surface area contributed by atoms with Crippen molar-refractivity contribution in [3.63, 3.8) is 0 Å². The summed E-state index contributed by atoms with van der Waals surface area (Å²) >= 11 is 2.63. The monoisotopic (exact) mass is 198 g/mol. The van der Waals surface area contributed by atoms with E-state index in [1.807, 2.05) is 17.5 Å². The molecule has 0 spiro atoms. The number of nitrogens with zero attached hydrogens (tertiary/aromatic N) is 2.